The highest BCUT2D eigenvalue weighted by Crippen LogP contribution is 2.13. The van der Waals surface area contributed by atoms with Gasteiger partial charge in [0.2, 0.25) is 0 Å². The van der Waals surface area contributed by atoms with Gasteiger partial charge >= 0.3 is 0 Å². The Morgan fingerprint density at radius 2 is 1.95 bits per heavy atom. The normalized spacial score (nSPS) is 14.4. The molecule has 1 aromatic carbocycles. The first-order valence-electron chi connectivity index (χ1n) is 7.37. The lowest BCUT2D eigenvalue weighted by Crippen LogP contribution is -2.45. The second kappa shape index (κ2) is 9.88. The molecule has 2 N–H and O–H groups in total. The highest BCUT2D eigenvalue weighted by molar-refractivity contribution is 5.14. The number of ether oxygens (including phenoxy) is 1. The Hall–Kier alpha value is -0.940. The van der Waals surface area contributed by atoms with Gasteiger partial charge in [-0.05, 0) is 18.9 Å². The van der Waals surface area contributed by atoms with Crippen molar-refractivity contribution >= 4 is 0 Å². The van der Waals surface area contributed by atoms with E-state index in [1.165, 1.54) is 0 Å². The molecule has 4 heteroatoms. The third-order valence-electron chi connectivity index (χ3n) is 3.17. The van der Waals surface area contributed by atoms with Crippen LogP contribution in [0, 0.1) is 0 Å². The monoisotopic (exact) mass is 281 g/mol. The summed E-state index contributed by atoms with van der Waals surface area (Å²) in [5.41, 5.74) is 1.14. The molecular formula is C16H27NO3. The molecule has 0 saturated heterocycles. The van der Waals surface area contributed by atoms with Crippen molar-refractivity contribution in [1.82, 2.24) is 4.90 Å². The SMILES string of the molecule is CCCCOC(C(C)O)N(CCO)Cc1ccccc1. The average molecular weight is 281 g/mol. The molecule has 0 radical (unpaired) electrons. The zero-order valence-electron chi connectivity index (χ0n) is 12.5. The fourth-order valence-electron chi connectivity index (χ4n) is 2.14. The smallest absolute Gasteiger partial charge is 0.136 e. The van der Waals surface area contributed by atoms with Crippen LogP contribution in [0.5, 0.6) is 0 Å². The van der Waals surface area contributed by atoms with Crippen LogP contribution >= 0.6 is 0 Å². The number of aliphatic hydroxyl groups excluding tert-OH is 2. The summed E-state index contributed by atoms with van der Waals surface area (Å²) in [6.45, 7) is 5.65. The van der Waals surface area contributed by atoms with E-state index in [0.717, 1.165) is 18.4 Å². The Balaban J connectivity index is 2.68. The Labute approximate surface area is 122 Å². The molecule has 0 saturated carbocycles. The molecule has 0 aliphatic heterocycles. The largest absolute Gasteiger partial charge is 0.395 e. The second-order valence-electron chi connectivity index (χ2n) is 5.04. The van der Waals surface area contributed by atoms with E-state index in [1.54, 1.807) is 6.92 Å². The quantitative estimate of drug-likeness (QED) is 0.509. The minimum Gasteiger partial charge on any atom is -0.395 e. The summed E-state index contributed by atoms with van der Waals surface area (Å²) in [5.74, 6) is 0. The van der Waals surface area contributed by atoms with E-state index in [9.17, 15) is 10.2 Å². The molecule has 0 aliphatic rings. The fourth-order valence-corrected chi connectivity index (χ4v) is 2.14. The Morgan fingerprint density at radius 3 is 2.50 bits per heavy atom. The fraction of sp³-hybridized carbons (Fsp3) is 0.625. The average Bonchev–Trinajstić information content (AvgIpc) is 2.44. The predicted octanol–water partition coefficient (Wildman–Crippen LogP) is 2.00. The summed E-state index contributed by atoms with van der Waals surface area (Å²) in [5, 5.41) is 19.2. The highest BCUT2D eigenvalue weighted by Gasteiger charge is 2.23. The van der Waals surface area contributed by atoms with E-state index in [4.69, 9.17) is 4.74 Å². The Bertz CT molecular complexity index is 343. The van der Waals surface area contributed by atoms with E-state index in [1.807, 2.05) is 35.2 Å². The maximum atomic E-state index is 9.94. The van der Waals surface area contributed by atoms with Crippen LogP contribution in [0.25, 0.3) is 0 Å². The van der Waals surface area contributed by atoms with Crippen molar-refractivity contribution in [3.63, 3.8) is 0 Å². The van der Waals surface area contributed by atoms with Gasteiger partial charge in [-0.15, -0.1) is 0 Å². The first-order valence-corrected chi connectivity index (χ1v) is 7.37. The van der Waals surface area contributed by atoms with Crippen LogP contribution in [0.2, 0.25) is 0 Å². The number of unbranched alkanes of at least 4 members (excludes halogenated alkanes) is 1. The molecule has 114 valence electrons. The lowest BCUT2D eigenvalue weighted by molar-refractivity contribution is -0.126. The Kier molecular flexibility index (Phi) is 8.46. The topological polar surface area (TPSA) is 52.9 Å². The minimum atomic E-state index is -0.595. The number of aliphatic hydroxyl groups is 2. The number of hydrogen-bond acceptors (Lipinski definition) is 4. The first kappa shape index (κ1) is 17.1. The first-order chi connectivity index (χ1) is 9.69. The highest BCUT2D eigenvalue weighted by atomic mass is 16.5. The molecule has 20 heavy (non-hydrogen) atoms. The van der Waals surface area contributed by atoms with Crippen molar-refractivity contribution in [3.05, 3.63) is 35.9 Å². The molecule has 0 amide bonds. The molecule has 0 heterocycles. The van der Waals surface area contributed by atoms with Crippen LogP contribution in [-0.4, -0.2) is 47.2 Å². The third kappa shape index (κ3) is 6.01. The van der Waals surface area contributed by atoms with Gasteiger partial charge in [-0.1, -0.05) is 43.7 Å². The maximum Gasteiger partial charge on any atom is 0.136 e. The van der Waals surface area contributed by atoms with Gasteiger partial charge in [0.15, 0.2) is 0 Å². The summed E-state index contributed by atoms with van der Waals surface area (Å²) < 4.78 is 5.80. The van der Waals surface area contributed by atoms with Crippen molar-refractivity contribution in [2.75, 3.05) is 19.8 Å². The zero-order valence-corrected chi connectivity index (χ0v) is 12.5. The summed E-state index contributed by atoms with van der Waals surface area (Å²) >= 11 is 0. The summed E-state index contributed by atoms with van der Waals surface area (Å²) in [6.07, 6.45) is 1.06. The molecule has 1 rings (SSSR count). The van der Waals surface area contributed by atoms with Crippen molar-refractivity contribution in [2.45, 2.75) is 45.6 Å². The van der Waals surface area contributed by atoms with Crippen LogP contribution in [0.4, 0.5) is 0 Å². The molecule has 2 atom stereocenters. The lowest BCUT2D eigenvalue weighted by atomic mass is 10.2. The van der Waals surface area contributed by atoms with E-state index in [-0.39, 0.29) is 12.8 Å². The van der Waals surface area contributed by atoms with E-state index in [0.29, 0.717) is 19.7 Å². The van der Waals surface area contributed by atoms with E-state index >= 15 is 0 Å². The van der Waals surface area contributed by atoms with Gasteiger partial charge in [0.1, 0.15) is 6.23 Å². The van der Waals surface area contributed by atoms with Gasteiger partial charge in [-0.25, -0.2) is 0 Å². The van der Waals surface area contributed by atoms with Gasteiger partial charge in [-0.3, -0.25) is 4.90 Å². The lowest BCUT2D eigenvalue weighted by Gasteiger charge is -2.33. The van der Waals surface area contributed by atoms with Crippen LogP contribution in [0.3, 0.4) is 0 Å². The number of rotatable bonds is 10. The second-order valence-corrected chi connectivity index (χ2v) is 5.04. The predicted molar refractivity (Wildman–Crippen MR) is 80.3 cm³/mol. The van der Waals surface area contributed by atoms with Crippen LogP contribution < -0.4 is 0 Å². The number of nitrogens with zero attached hydrogens (tertiary/aromatic N) is 1. The number of benzene rings is 1. The third-order valence-corrected chi connectivity index (χ3v) is 3.17. The molecule has 0 bridgehead atoms. The van der Waals surface area contributed by atoms with Crippen LogP contribution in [0.15, 0.2) is 30.3 Å². The summed E-state index contributed by atoms with van der Waals surface area (Å²) in [6, 6.07) is 10.0. The minimum absolute atomic E-state index is 0.0488. The maximum absolute atomic E-state index is 9.94. The van der Waals surface area contributed by atoms with Gasteiger partial charge in [0, 0.05) is 19.7 Å². The summed E-state index contributed by atoms with van der Waals surface area (Å²) in [7, 11) is 0. The van der Waals surface area contributed by atoms with Gasteiger partial charge in [0.25, 0.3) is 0 Å². The molecule has 0 aliphatic carbocycles. The van der Waals surface area contributed by atoms with Gasteiger partial charge in [0.05, 0.1) is 12.7 Å². The molecule has 0 aromatic heterocycles. The van der Waals surface area contributed by atoms with Crippen molar-refractivity contribution < 1.29 is 14.9 Å². The van der Waals surface area contributed by atoms with Crippen molar-refractivity contribution in [3.8, 4) is 0 Å². The molecule has 0 fully saturated rings. The molecule has 0 spiro atoms. The van der Waals surface area contributed by atoms with Crippen molar-refractivity contribution in [2.24, 2.45) is 0 Å². The van der Waals surface area contributed by atoms with Crippen LogP contribution in [0.1, 0.15) is 32.3 Å². The van der Waals surface area contributed by atoms with Crippen molar-refractivity contribution in [1.29, 1.82) is 0 Å². The van der Waals surface area contributed by atoms with Crippen LogP contribution in [-0.2, 0) is 11.3 Å². The number of hydrogen-bond donors (Lipinski definition) is 2. The molecule has 2 unspecified atom stereocenters. The Morgan fingerprint density at radius 1 is 1.25 bits per heavy atom. The molecule has 4 nitrogen and oxygen atoms in total. The molecular weight excluding hydrogens is 254 g/mol. The standard InChI is InChI=1S/C16H27NO3/c1-3-4-12-20-16(14(2)19)17(10-11-18)13-15-8-6-5-7-9-15/h5-9,14,16,18-19H,3-4,10-13H2,1-2H3. The van der Waals surface area contributed by atoms with E-state index in [2.05, 4.69) is 6.92 Å². The van der Waals surface area contributed by atoms with Gasteiger partial charge in [-0.2, -0.15) is 0 Å². The zero-order chi connectivity index (χ0) is 14.8. The van der Waals surface area contributed by atoms with E-state index < -0.39 is 6.10 Å². The van der Waals surface area contributed by atoms with Gasteiger partial charge < -0.3 is 14.9 Å². The summed E-state index contributed by atoms with van der Waals surface area (Å²) in [4.78, 5) is 1.98. The molecule has 1 aromatic rings.